The Labute approximate surface area is 347 Å². The van der Waals surface area contributed by atoms with Crippen LogP contribution in [0.5, 0.6) is 0 Å². The molecule has 1 saturated heterocycles. The van der Waals surface area contributed by atoms with Crippen molar-refractivity contribution < 1.29 is 42.8 Å². The second-order valence-electron chi connectivity index (χ2n) is 15.1. The van der Waals surface area contributed by atoms with Gasteiger partial charge in [-0.2, -0.15) is 15.6 Å². The van der Waals surface area contributed by atoms with E-state index in [1.165, 1.54) is 112 Å². The van der Waals surface area contributed by atoms with E-state index >= 15 is 0 Å². The van der Waals surface area contributed by atoms with Crippen LogP contribution in [-0.4, -0.2) is 75.6 Å². The van der Waals surface area contributed by atoms with Crippen molar-refractivity contribution in [2.75, 3.05) is 32.2 Å². The topological polar surface area (TPSA) is 198 Å². The van der Waals surface area contributed by atoms with E-state index in [2.05, 4.69) is 12.0 Å². The first kappa shape index (κ1) is 47.6. The first-order chi connectivity index (χ1) is 28.0. The largest absolute Gasteiger partial charge is 0.397 e. The summed E-state index contributed by atoms with van der Waals surface area (Å²) in [5.41, 5.74) is 5.58. The number of ether oxygens (including phenoxy) is 3. The highest BCUT2D eigenvalue weighted by Crippen LogP contribution is 2.46. The summed E-state index contributed by atoms with van der Waals surface area (Å²) in [7, 11) is 0. The van der Waals surface area contributed by atoms with Crippen LogP contribution in [0.25, 0.3) is 5.52 Å². The molecule has 1 aromatic carbocycles. The molecule has 320 valence electrons. The van der Waals surface area contributed by atoms with Crippen LogP contribution in [0.4, 0.5) is 10.1 Å². The average molecular weight is 846 g/mol. The summed E-state index contributed by atoms with van der Waals surface area (Å²) < 4.78 is 44.4. The van der Waals surface area contributed by atoms with Crippen molar-refractivity contribution in [1.29, 1.82) is 10.5 Å². The van der Waals surface area contributed by atoms with Gasteiger partial charge in [0.05, 0.1) is 55.0 Å². The van der Waals surface area contributed by atoms with Gasteiger partial charge in [-0.15, -0.1) is 0 Å². The number of fused-ring (bicyclic) bond motifs is 1. The van der Waals surface area contributed by atoms with E-state index in [4.69, 9.17) is 40.8 Å². The highest BCUT2D eigenvalue weighted by atomic mass is 32.5. The molecule has 0 amide bonds. The number of unbranched alkanes of at least 4 members (excludes halogenated alkanes) is 15. The lowest BCUT2D eigenvalue weighted by Gasteiger charge is -2.25. The maximum absolute atomic E-state index is 14.1. The number of aliphatic hydroxyl groups excluding tert-OH is 2. The molecular weight excluding hydrogens is 785 g/mol. The monoisotopic (exact) mass is 845 g/mol. The molecule has 5 N–H and O–H groups in total. The van der Waals surface area contributed by atoms with E-state index in [0.29, 0.717) is 23.4 Å². The zero-order valence-corrected chi connectivity index (χ0v) is 35.4. The van der Waals surface area contributed by atoms with Gasteiger partial charge in [0.1, 0.15) is 36.3 Å². The molecule has 1 aliphatic rings. The first-order valence-electron chi connectivity index (χ1n) is 20.7. The van der Waals surface area contributed by atoms with Gasteiger partial charge in [-0.25, -0.2) is 8.91 Å². The van der Waals surface area contributed by atoms with E-state index in [-0.39, 0.29) is 31.1 Å². The van der Waals surface area contributed by atoms with E-state index in [0.717, 1.165) is 25.3 Å². The molecule has 0 aliphatic carbocycles. The maximum Gasteiger partial charge on any atom is 0.324 e. The Morgan fingerprint density at radius 2 is 1.57 bits per heavy atom. The van der Waals surface area contributed by atoms with Gasteiger partial charge in [0.15, 0.2) is 0 Å². The fraction of sp³-hybridized carbons (Fsp3) is 0.643. The van der Waals surface area contributed by atoms with Crippen molar-refractivity contribution in [2.24, 2.45) is 0 Å². The number of aromatic nitrogens is 2. The number of anilines is 1. The second kappa shape index (κ2) is 24.9. The van der Waals surface area contributed by atoms with Gasteiger partial charge in [0.2, 0.25) is 5.60 Å². The number of rotatable bonds is 29. The van der Waals surface area contributed by atoms with Gasteiger partial charge in [-0.1, -0.05) is 103 Å². The van der Waals surface area contributed by atoms with Crippen LogP contribution in [0, 0.1) is 28.5 Å². The predicted octanol–water partition coefficient (Wildman–Crippen LogP) is 7.88. The van der Waals surface area contributed by atoms with E-state index < -0.39 is 49.2 Å². The summed E-state index contributed by atoms with van der Waals surface area (Å²) in [6.45, 7) is -2.01. The van der Waals surface area contributed by atoms with Crippen molar-refractivity contribution >= 4 is 29.7 Å². The Morgan fingerprint density at radius 1 is 0.931 bits per heavy atom. The van der Waals surface area contributed by atoms with Crippen LogP contribution >= 0.6 is 6.72 Å². The summed E-state index contributed by atoms with van der Waals surface area (Å²) in [5.74, 6) is -0.572. The quantitative estimate of drug-likeness (QED) is 0.0389. The molecule has 4 rings (SSSR count). The Hall–Kier alpha value is -3.05. The Balaban J connectivity index is 1.20. The Kier molecular flexibility index (Phi) is 20.4. The van der Waals surface area contributed by atoms with Crippen molar-refractivity contribution in [2.45, 2.75) is 146 Å². The zero-order valence-electron chi connectivity index (χ0n) is 33.7. The molecule has 1 fully saturated rings. The minimum atomic E-state index is -3.99. The van der Waals surface area contributed by atoms with E-state index in [9.17, 15) is 30.0 Å². The number of nitrogens with two attached hydrogens (primary N) is 1. The second-order valence-corrected chi connectivity index (χ2v) is 17.9. The molecule has 2 aromatic heterocycles. The number of benzene rings is 1. The predicted molar refractivity (Wildman–Crippen MR) is 222 cm³/mol. The lowest BCUT2D eigenvalue weighted by atomic mass is 9.92. The number of nitriles is 2. The van der Waals surface area contributed by atoms with Gasteiger partial charge in [-0.3, -0.25) is 0 Å². The van der Waals surface area contributed by atoms with Crippen LogP contribution in [0.1, 0.15) is 126 Å². The molecule has 13 nitrogen and oxygen atoms in total. The highest BCUT2D eigenvalue weighted by molar-refractivity contribution is 8.07. The van der Waals surface area contributed by atoms with Gasteiger partial charge in [-0.05, 0) is 60.2 Å². The van der Waals surface area contributed by atoms with Crippen LogP contribution in [-0.2, 0) is 47.3 Å². The van der Waals surface area contributed by atoms with Crippen LogP contribution in [0.15, 0.2) is 42.6 Å². The zero-order chi connectivity index (χ0) is 41.8. The smallest absolute Gasteiger partial charge is 0.324 e. The summed E-state index contributed by atoms with van der Waals surface area (Å²) in [6, 6.07) is 12.5. The summed E-state index contributed by atoms with van der Waals surface area (Å²) >= 11 is 5.24. The highest BCUT2D eigenvalue weighted by Gasteiger charge is 2.57. The third-order valence-corrected chi connectivity index (χ3v) is 12.0. The third kappa shape index (κ3) is 14.6. The SMILES string of the molecule is CCCCCCCCCCCCCCCCCCOC[C@H](COP(O)(=S)OC[C@H]1O[C@@](C#N)(c2ccc3c(N)ccnn23)[C@H](O)[C@@H]1O)OCc1cc(F)cc(C#N)c1. The van der Waals surface area contributed by atoms with Crippen molar-refractivity contribution in [3.05, 3.63) is 65.2 Å². The number of nitrogen functional groups attached to an aromatic ring is 1. The Morgan fingerprint density at radius 3 is 2.19 bits per heavy atom. The van der Waals surface area contributed by atoms with Crippen LogP contribution in [0.2, 0.25) is 0 Å². The lowest BCUT2D eigenvalue weighted by molar-refractivity contribution is -0.0660. The third-order valence-electron chi connectivity index (χ3n) is 10.4. The van der Waals surface area contributed by atoms with Crippen molar-refractivity contribution in [1.82, 2.24) is 9.61 Å². The van der Waals surface area contributed by atoms with Crippen LogP contribution in [0.3, 0.4) is 0 Å². The number of hydrogen-bond donors (Lipinski definition) is 4. The molecule has 1 aliphatic heterocycles. The molecule has 16 heteroatoms. The summed E-state index contributed by atoms with van der Waals surface area (Å²) in [5, 5.41) is 45.6. The lowest BCUT2D eigenvalue weighted by Crippen LogP contribution is -2.41. The molecular formula is C42H61FN5O8PS. The average Bonchev–Trinajstić information content (AvgIpc) is 3.76. The molecule has 3 heterocycles. The molecule has 0 radical (unpaired) electrons. The summed E-state index contributed by atoms with van der Waals surface area (Å²) in [4.78, 5) is 10.9. The molecule has 6 atom stereocenters. The normalized spacial score (nSPS) is 20.8. The molecule has 1 unspecified atom stereocenters. The molecule has 0 bridgehead atoms. The number of nitrogens with zero attached hydrogens (tertiary/aromatic N) is 4. The summed E-state index contributed by atoms with van der Waals surface area (Å²) in [6.07, 6.45) is 16.4. The van der Waals surface area contributed by atoms with Crippen LogP contribution < -0.4 is 5.73 Å². The molecule has 58 heavy (non-hydrogen) atoms. The first-order valence-corrected chi connectivity index (χ1v) is 23.3. The molecule has 3 aromatic rings. The minimum absolute atomic E-state index is 0.0663. The standard InChI is InChI=1S/C42H61FN5O8PS/c1-2-3-4-5-6-7-8-9-10-11-12-13-14-15-16-17-22-52-28-35(53-27-33-23-32(26-44)24-34(43)25-33)29-54-57(51,58)55-30-38-40(49)41(50)42(31-45,56-38)39-19-18-37-36(46)20-21-47-48(37)39/h18-21,23-25,35,38,40-41,49-50H,2-17,22,27-30,46H2,1H3,(H,51,58)/t35-,38-,40-,41-,42+,57?/m1/s1. The molecule has 0 spiro atoms. The van der Waals surface area contributed by atoms with Crippen molar-refractivity contribution in [3.63, 3.8) is 0 Å². The maximum atomic E-state index is 14.1. The fourth-order valence-electron chi connectivity index (χ4n) is 7.14. The number of halogens is 1. The molecule has 0 saturated carbocycles. The number of aliphatic hydroxyl groups is 2. The van der Waals surface area contributed by atoms with E-state index in [1.54, 1.807) is 12.1 Å². The fourth-order valence-corrected chi connectivity index (χ4v) is 8.27. The van der Waals surface area contributed by atoms with E-state index in [1.807, 2.05) is 12.1 Å². The van der Waals surface area contributed by atoms with Gasteiger partial charge in [0.25, 0.3) is 0 Å². The Bertz CT molecular complexity index is 1820. The number of hydrogen-bond acceptors (Lipinski definition) is 12. The van der Waals surface area contributed by atoms with Gasteiger partial charge >= 0.3 is 6.72 Å². The minimum Gasteiger partial charge on any atom is -0.397 e. The van der Waals surface area contributed by atoms with Gasteiger partial charge < -0.3 is 44.1 Å². The van der Waals surface area contributed by atoms with Gasteiger partial charge in [0, 0.05) is 12.8 Å². The van der Waals surface area contributed by atoms with Crippen molar-refractivity contribution in [3.8, 4) is 12.1 Å².